The van der Waals surface area contributed by atoms with Crippen molar-refractivity contribution >= 4 is 66.5 Å². The van der Waals surface area contributed by atoms with E-state index in [4.69, 9.17) is 22.3 Å². The normalized spacial score (nSPS) is 16.3. The van der Waals surface area contributed by atoms with Gasteiger partial charge in [-0.2, -0.15) is 0 Å². The minimum absolute atomic E-state index is 0.112. The molecule has 0 aliphatic carbocycles. The summed E-state index contributed by atoms with van der Waals surface area (Å²) in [5, 5.41) is 0.563. The summed E-state index contributed by atoms with van der Waals surface area (Å²) < 4.78 is 1.38. The predicted molar refractivity (Wildman–Crippen MR) is 111 cm³/mol. The minimum atomic E-state index is -0.942. The number of carbonyl (C=O) groups is 1. The van der Waals surface area contributed by atoms with E-state index in [9.17, 15) is 4.79 Å². The Morgan fingerprint density at radius 2 is 1.88 bits per heavy atom. The molecule has 0 atom stereocenters. The number of benzene rings is 2. The van der Waals surface area contributed by atoms with E-state index in [1.807, 2.05) is 24.3 Å². The van der Waals surface area contributed by atoms with Gasteiger partial charge in [0, 0.05) is 27.7 Å². The molecule has 25 heavy (non-hydrogen) atoms. The standard InChI is InChI=1S/C18H16Br2ClN3O/c1-18(2)17(25)24(3)12-8-10(19)15(22)14(20)13(12)16(23-18)9-6-4-5-7-11(9)21/h4-8H,22H2,1-3H3. The van der Waals surface area contributed by atoms with Gasteiger partial charge in [-0.05, 0) is 57.8 Å². The van der Waals surface area contributed by atoms with Gasteiger partial charge >= 0.3 is 0 Å². The fourth-order valence-corrected chi connectivity index (χ4v) is 4.37. The lowest BCUT2D eigenvalue weighted by molar-refractivity contribution is -0.122. The zero-order valence-electron chi connectivity index (χ0n) is 13.9. The number of nitrogens with zero attached hydrogens (tertiary/aromatic N) is 2. The number of hydrogen-bond donors (Lipinski definition) is 1. The van der Waals surface area contributed by atoms with E-state index in [-0.39, 0.29) is 5.91 Å². The van der Waals surface area contributed by atoms with Gasteiger partial charge in [0.2, 0.25) is 0 Å². The summed E-state index contributed by atoms with van der Waals surface area (Å²) in [5.74, 6) is -0.112. The zero-order valence-corrected chi connectivity index (χ0v) is 17.8. The summed E-state index contributed by atoms with van der Waals surface area (Å²) >= 11 is 13.5. The van der Waals surface area contributed by atoms with E-state index in [0.717, 1.165) is 11.1 Å². The summed E-state index contributed by atoms with van der Waals surface area (Å²) in [6.07, 6.45) is 0. The van der Waals surface area contributed by atoms with Crippen molar-refractivity contribution < 1.29 is 4.79 Å². The fraction of sp³-hybridized carbons (Fsp3) is 0.222. The zero-order chi connectivity index (χ0) is 18.5. The largest absolute Gasteiger partial charge is 0.397 e. The van der Waals surface area contributed by atoms with Gasteiger partial charge in [0.25, 0.3) is 5.91 Å². The maximum absolute atomic E-state index is 12.9. The molecule has 1 aliphatic heterocycles. The van der Waals surface area contributed by atoms with Crippen molar-refractivity contribution in [3.05, 3.63) is 55.4 Å². The van der Waals surface area contributed by atoms with Crippen molar-refractivity contribution in [3.63, 3.8) is 0 Å². The van der Waals surface area contributed by atoms with Gasteiger partial charge < -0.3 is 10.6 Å². The molecule has 0 aromatic heterocycles. The molecule has 2 aromatic carbocycles. The molecule has 1 amide bonds. The molecule has 4 nitrogen and oxygen atoms in total. The van der Waals surface area contributed by atoms with Gasteiger partial charge in [-0.3, -0.25) is 9.79 Å². The van der Waals surface area contributed by atoms with E-state index < -0.39 is 5.54 Å². The summed E-state index contributed by atoms with van der Waals surface area (Å²) in [6, 6.07) is 9.28. The Balaban J connectivity index is 2.45. The van der Waals surface area contributed by atoms with Crippen molar-refractivity contribution in [1.82, 2.24) is 0 Å². The van der Waals surface area contributed by atoms with E-state index >= 15 is 0 Å². The monoisotopic (exact) mass is 483 g/mol. The van der Waals surface area contributed by atoms with E-state index in [0.29, 0.717) is 31.1 Å². The molecule has 0 saturated heterocycles. The van der Waals surface area contributed by atoms with Crippen LogP contribution < -0.4 is 10.6 Å². The molecule has 0 unspecified atom stereocenters. The maximum atomic E-state index is 12.9. The van der Waals surface area contributed by atoms with Crippen molar-refractivity contribution in [1.29, 1.82) is 0 Å². The van der Waals surface area contributed by atoms with Crippen LogP contribution in [0.25, 0.3) is 0 Å². The first-order valence-corrected chi connectivity index (χ1v) is 9.52. The number of likely N-dealkylation sites (N-methyl/N-ethyl adjacent to an activating group) is 1. The Morgan fingerprint density at radius 1 is 1.24 bits per heavy atom. The number of benzodiazepines with no additional fused rings is 1. The molecule has 0 saturated carbocycles. The van der Waals surface area contributed by atoms with Crippen LogP contribution in [-0.2, 0) is 4.79 Å². The molecule has 0 spiro atoms. The van der Waals surface area contributed by atoms with Crippen molar-refractivity contribution in [2.45, 2.75) is 19.4 Å². The van der Waals surface area contributed by atoms with Crippen LogP contribution in [0.2, 0.25) is 5.02 Å². The fourth-order valence-electron chi connectivity index (χ4n) is 2.86. The molecule has 2 aromatic rings. The smallest absolute Gasteiger partial charge is 0.254 e. The molecular formula is C18H16Br2ClN3O. The van der Waals surface area contributed by atoms with E-state index in [1.54, 1.807) is 31.9 Å². The molecule has 0 bridgehead atoms. The number of nitrogen functional groups attached to an aromatic ring is 1. The third-order valence-corrected chi connectivity index (χ3v) is 5.99. The third kappa shape index (κ3) is 3.00. The third-order valence-electron chi connectivity index (χ3n) is 4.18. The number of rotatable bonds is 1. The Bertz CT molecular complexity index is 925. The second-order valence-corrected chi connectivity index (χ2v) is 8.40. The van der Waals surface area contributed by atoms with Crippen LogP contribution in [0.3, 0.4) is 0 Å². The lowest BCUT2D eigenvalue weighted by atomic mass is 9.99. The quantitative estimate of drug-likeness (QED) is 0.576. The van der Waals surface area contributed by atoms with Gasteiger partial charge in [-0.15, -0.1) is 0 Å². The first-order chi connectivity index (χ1) is 11.6. The summed E-state index contributed by atoms with van der Waals surface area (Å²) in [4.78, 5) is 19.3. The molecule has 0 fully saturated rings. The van der Waals surface area contributed by atoms with Crippen molar-refractivity contribution in [3.8, 4) is 0 Å². The summed E-state index contributed by atoms with van der Waals surface area (Å²) in [6.45, 7) is 3.59. The second-order valence-electron chi connectivity index (χ2n) is 6.34. The molecule has 0 radical (unpaired) electrons. The number of hydrogen-bond acceptors (Lipinski definition) is 3. The maximum Gasteiger partial charge on any atom is 0.254 e. The Labute approximate surface area is 168 Å². The van der Waals surface area contributed by atoms with E-state index in [1.165, 1.54) is 0 Å². The highest BCUT2D eigenvalue weighted by Gasteiger charge is 2.37. The topological polar surface area (TPSA) is 58.7 Å². The molecule has 2 N–H and O–H groups in total. The van der Waals surface area contributed by atoms with Crippen LogP contribution in [0, 0.1) is 0 Å². The first-order valence-electron chi connectivity index (χ1n) is 7.56. The Morgan fingerprint density at radius 3 is 2.52 bits per heavy atom. The van der Waals surface area contributed by atoms with Crippen LogP contribution in [0.15, 0.2) is 44.3 Å². The molecule has 1 aliphatic rings. The van der Waals surface area contributed by atoms with Crippen LogP contribution in [-0.4, -0.2) is 24.2 Å². The number of halogens is 3. The molecule has 130 valence electrons. The summed E-state index contributed by atoms with van der Waals surface area (Å²) in [5.41, 5.74) is 8.64. The van der Waals surface area contributed by atoms with Gasteiger partial charge in [0.15, 0.2) is 0 Å². The van der Waals surface area contributed by atoms with Gasteiger partial charge in [0.05, 0.1) is 21.6 Å². The van der Waals surface area contributed by atoms with Gasteiger partial charge in [-0.1, -0.05) is 29.8 Å². The van der Waals surface area contributed by atoms with Gasteiger partial charge in [0.1, 0.15) is 5.54 Å². The first kappa shape index (κ1) is 18.4. The Hall–Kier alpha value is -1.37. The molecule has 7 heteroatoms. The average Bonchev–Trinajstić information content (AvgIpc) is 2.63. The number of anilines is 2. The number of amides is 1. The van der Waals surface area contributed by atoms with Crippen molar-refractivity contribution in [2.24, 2.45) is 4.99 Å². The number of aliphatic imine (C=N–C) groups is 1. The highest BCUT2D eigenvalue weighted by molar-refractivity contribution is 9.11. The second kappa shape index (κ2) is 6.41. The average molecular weight is 486 g/mol. The van der Waals surface area contributed by atoms with Crippen LogP contribution in [0.1, 0.15) is 25.0 Å². The Kier molecular flexibility index (Phi) is 4.73. The minimum Gasteiger partial charge on any atom is -0.397 e. The van der Waals surface area contributed by atoms with Crippen LogP contribution in [0.4, 0.5) is 11.4 Å². The highest BCUT2D eigenvalue weighted by atomic mass is 79.9. The molecular weight excluding hydrogens is 469 g/mol. The lowest BCUT2D eigenvalue weighted by Crippen LogP contribution is -2.41. The number of nitrogens with two attached hydrogens (primary N) is 1. The predicted octanol–water partition coefficient (Wildman–Crippen LogP) is 5.04. The number of fused-ring (bicyclic) bond motifs is 1. The lowest BCUT2D eigenvalue weighted by Gasteiger charge is -2.25. The summed E-state index contributed by atoms with van der Waals surface area (Å²) in [7, 11) is 1.74. The molecule has 1 heterocycles. The van der Waals surface area contributed by atoms with Crippen molar-refractivity contribution in [2.75, 3.05) is 17.7 Å². The number of carbonyl (C=O) groups excluding carboxylic acids is 1. The SMILES string of the molecule is CN1C(=O)C(C)(C)N=C(c2ccccc2Cl)c2c1cc(Br)c(N)c2Br. The van der Waals surface area contributed by atoms with Crippen LogP contribution >= 0.6 is 43.5 Å². The molecule has 3 rings (SSSR count). The van der Waals surface area contributed by atoms with Crippen LogP contribution in [0.5, 0.6) is 0 Å². The highest BCUT2D eigenvalue weighted by Crippen LogP contribution is 2.42. The van der Waals surface area contributed by atoms with E-state index in [2.05, 4.69) is 31.9 Å². The van der Waals surface area contributed by atoms with Gasteiger partial charge in [-0.25, -0.2) is 0 Å².